The molecule has 2 heterocycles. The molecule has 0 unspecified atom stereocenters. The number of aryl methyl sites for hydroxylation is 1. The number of esters is 1. The lowest BCUT2D eigenvalue weighted by Gasteiger charge is -2.02. The van der Waals surface area contributed by atoms with Crippen LogP contribution in [0, 0.1) is 0 Å². The standard InChI is InChI=1S/C22H20N2O5/c1-3-14-8-10-15(11-9-14)21-23-19(29-24-21)13-27-22(25)20-17(12-26-2)16-6-4-5-7-18(16)28-20/h4-11H,3,12-13H2,1-2H3. The van der Waals surface area contributed by atoms with Gasteiger partial charge in [0.15, 0.2) is 6.61 Å². The molecule has 7 nitrogen and oxygen atoms in total. The van der Waals surface area contributed by atoms with Crippen molar-refractivity contribution in [3.8, 4) is 11.4 Å². The lowest BCUT2D eigenvalue weighted by molar-refractivity contribution is 0.0390. The summed E-state index contributed by atoms with van der Waals surface area (Å²) in [4.78, 5) is 16.9. The van der Waals surface area contributed by atoms with E-state index in [1.54, 1.807) is 13.2 Å². The minimum absolute atomic E-state index is 0.114. The van der Waals surface area contributed by atoms with E-state index in [0.29, 0.717) is 17.0 Å². The Bertz CT molecular complexity index is 1130. The van der Waals surface area contributed by atoms with Gasteiger partial charge in [-0.05, 0) is 18.1 Å². The zero-order chi connectivity index (χ0) is 20.2. The molecular weight excluding hydrogens is 372 g/mol. The molecule has 0 amide bonds. The van der Waals surface area contributed by atoms with E-state index in [4.69, 9.17) is 18.4 Å². The monoisotopic (exact) mass is 392 g/mol. The molecule has 2 aromatic heterocycles. The molecule has 0 N–H and O–H groups in total. The third-order valence-corrected chi connectivity index (χ3v) is 4.59. The maximum absolute atomic E-state index is 12.6. The van der Waals surface area contributed by atoms with E-state index in [-0.39, 0.29) is 24.9 Å². The summed E-state index contributed by atoms with van der Waals surface area (Å²) in [6.07, 6.45) is 0.959. The van der Waals surface area contributed by atoms with Gasteiger partial charge in [-0.1, -0.05) is 54.5 Å². The van der Waals surface area contributed by atoms with Crippen molar-refractivity contribution in [3.05, 3.63) is 71.3 Å². The number of aromatic nitrogens is 2. The van der Waals surface area contributed by atoms with Crippen LogP contribution in [0.5, 0.6) is 0 Å². The maximum atomic E-state index is 12.6. The Morgan fingerprint density at radius 2 is 1.86 bits per heavy atom. The van der Waals surface area contributed by atoms with Crippen molar-refractivity contribution < 1.29 is 23.2 Å². The first-order valence-corrected chi connectivity index (χ1v) is 9.28. The van der Waals surface area contributed by atoms with Gasteiger partial charge in [-0.25, -0.2) is 4.79 Å². The molecule has 0 atom stereocenters. The fourth-order valence-electron chi connectivity index (χ4n) is 3.06. The minimum Gasteiger partial charge on any atom is -0.450 e. The van der Waals surface area contributed by atoms with Crippen LogP contribution >= 0.6 is 0 Å². The van der Waals surface area contributed by atoms with Gasteiger partial charge in [-0.15, -0.1) is 0 Å². The van der Waals surface area contributed by atoms with Gasteiger partial charge in [0.25, 0.3) is 5.89 Å². The summed E-state index contributed by atoms with van der Waals surface area (Å²) in [5.74, 6) is 0.156. The van der Waals surface area contributed by atoms with Crippen LogP contribution in [-0.4, -0.2) is 23.2 Å². The van der Waals surface area contributed by atoms with Crippen molar-refractivity contribution in [2.45, 2.75) is 26.6 Å². The van der Waals surface area contributed by atoms with Gasteiger partial charge in [0.2, 0.25) is 11.6 Å². The number of hydrogen-bond acceptors (Lipinski definition) is 7. The fourth-order valence-corrected chi connectivity index (χ4v) is 3.06. The molecule has 0 saturated carbocycles. The molecule has 7 heteroatoms. The molecular formula is C22H20N2O5. The highest BCUT2D eigenvalue weighted by Gasteiger charge is 2.22. The molecule has 0 aliphatic carbocycles. The Balaban J connectivity index is 1.48. The predicted octanol–water partition coefficient (Wildman–Crippen LogP) is 4.55. The molecule has 148 valence electrons. The molecule has 0 saturated heterocycles. The summed E-state index contributed by atoms with van der Waals surface area (Å²) < 4.78 is 21.4. The SMILES string of the molecule is CCc1ccc(-c2noc(COC(=O)c3oc4ccccc4c3COC)n2)cc1. The quantitative estimate of drug-likeness (QED) is 0.426. The number of carbonyl (C=O) groups is 1. The number of furan rings is 1. The number of methoxy groups -OCH3 is 1. The Labute approximate surface area is 167 Å². The van der Waals surface area contributed by atoms with Gasteiger partial charge in [0.05, 0.1) is 6.61 Å². The van der Waals surface area contributed by atoms with Crippen LogP contribution in [0.2, 0.25) is 0 Å². The van der Waals surface area contributed by atoms with E-state index in [0.717, 1.165) is 17.4 Å². The Morgan fingerprint density at radius 1 is 1.07 bits per heavy atom. The summed E-state index contributed by atoms with van der Waals surface area (Å²) in [6, 6.07) is 15.3. The zero-order valence-corrected chi connectivity index (χ0v) is 16.2. The van der Waals surface area contributed by atoms with Crippen LogP contribution in [0.1, 0.15) is 34.5 Å². The van der Waals surface area contributed by atoms with Gasteiger partial charge < -0.3 is 18.4 Å². The Morgan fingerprint density at radius 3 is 2.62 bits per heavy atom. The number of para-hydroxylation sites is 1. The number of fused-ring (bicyclic) bond motifs is 1. The molecule has 0 aliphatic heterocycles. The van der Waals surface area contributed by atoms with E-state index in [9.17, 15) is 4.79 Å². The second-order valence-electron chi connectivity index (χ2n) is 6.48. The molecule has 0 aliphatic rings. The van der Waals surface area contributed by atoms with Crippen molar-refractivity contribution in [2.75, 3.05) is 7.11 Å². The second kappa shape index (κ2) is 8.28. The topological polar surface area (TPSA) is 87.6 Å². The lowest BCUT2D eigenvalue weighted by atomic mass is 10.1. The first-order chi connectivity index (χ1) is 14.2. The van der Waals surface area contributed by atoms with Crippen molar-refractivity contribution in [2.24, 2.45) is 0 Å². The van der Waals surface area contributed by atoms with Crippen molar-refractivity contribution in [3.63, 3.8) is 0 Å². The molecule has 29 heavy (non-hydrogen) atoms. The first-order valence-electron chi connectivity index (χ1n) is 9.28. The third kappa shape index (κ3) is 3.90. The second-order valence-corrected chi connectivity index (χ2v) is 6.48. The van der Waals surface area contributed by atoms with Gasteiger partial charge >= 0.3 is 5.97 Å². The van der Waals surface area contributed by atoms with Crippen molar-refractivity contribution in [1.29, 1.82) is 0 Å². The summed E-state index contributed by atoms with van der Waals surface area (Å²) in [5, 5.41) is 4.77. The number of rotatable bonds is 7. The molecule has 0 fully saturated rings. The number of nitrogens with zero attached hydrogens (tertiary/aromatic N) is 2. The van der Waals surface area contributed by atoms with E-state index in [1.165, 1.54) is 5.56 Å². The average Bonchev–Trinajstić information content (AvgIpc) is 3.38. The number of benzene rings is 2. The molecule has 0 radical (unpaired) electrons. The van der Waals surface area contributed by atoms with Crippen LogP contribution < -0.4 is 0 Å². The van der Waals surface area contributed by atoms with E-state index in [2.05, 4.69) is 17.1 Å². The highest BCUT2D eigenvalue weighted by molar-refractivity contribution is 5.96. The summed E-state index contributed by atoms with van der Waals surface area (Å²) in [5.41, 5.74) is 3.31. The Hall–Kier alpha value is -3.45. The van der Waals surface area contributed by atoms with Crippen LogP contribution in [-0.2, 0) is 29.1 Å². The summed E-state index contributed by atoms with van der Waals surface area (Å²) in [7, 11) is 1.56. The predicted molar refractivity (Wildman–Crippen MR) is 105 cm³/mol. The smallest absolute Gasteiger partial charge is 0.375 e. The van der Waals surface area contributed by atoms with Crippen LogP contribution in [0.3, 0.4) is 0 Å². The maximum Gasteiger partial charge on any atom is 0.375 e. The van der Waals surface area contributed by atoms with Crippen molar-refractivity contribution in [1.82, 2.24) is 10.1 Å². The summed E-state index contributed by atoms with van der Waals surface area (Å²) >= 11 is 0. The zero-order valence-electron chi connectivity index (χ0n) is 16.2. The van der Waals surface area contributed by atoms with Gasteiger partial charge in [0, 0.05) is 23.6 Å². The van der Waals surface area contributed by atoms with Gasteiger partial charge in [-0.2, -0.15) is 4.98 Å². The molecule has 4 aromatic rings. The number of ether oxygens (including phenoxy) is 2. The van der Waals surface area contributed by atoms with Crippen LogP contribution in [0.15, 0.2) is 57.5 Å². The fraction of sp³-hybridized carbons (Fsp3) is 0.227. The van der Waals surface area contributed by atoms with Crippen molar-refractivity contribution >= 4 is 16.9 Å². The van der Waals surface area contributed by atoms with Gasteiger partial charge in [0.1, 0.15) is 5.58 Å². The largest absolute Gasteiger partial charge is 0.450 e. The molecule has 4 rings (SSSR count). The number of hydrogen-bond donors (Lipinski definition) is 0. The molecule has 0 spiro atoms. The molecule has 0 bridgehead atoms. The normalized spacial score (nSPS) is 11.1. The van der Waals surface area contributed by atoms with Gasteiger partial charge in [-0.3, -0.25) is 0 Å². The molecule has 2 aromatic carbocycles. The van der Waals surface area contributed by atoms with E-state index in [1.807, 2.05) is 42.5 Å². The minimum atomic E-state index is -0.611. The highest BCUT2D eigenvalue weighted by Crippen LogP contribution is 2.27. The Kier molecular flexibility index (Phi) is 5.39. The highest BCUT2D eigenvalue weighted by atomic mass is 16.6. The summed E-state index contributed by atoms with van der Waals surface area (Å²) in [6.45, 7) is 2.18. The average molecular weight is 392 g/mol. The first kappa shape index (κ1) is 18.9. The lowest BCUT2D eigenvalue weighted by Crippen LogP contribution is -2.07. The van der Waals surface area contributed by atoms with E-state index >= 15 is 0 Å². The van der Waals surface area contributed by atoms with Crippen LogP contribution in [0.25, 0.3) is 22.4 Å². The number of carbonyl (C=O) groups excluding carboxylic acids is 1. The van der Waals surface area contributed by atoms with Crippen LogP contribution in [0.4, 0.5) is 0 Å². The third-order valence-electron chi connectivity index (χ3n) is 4.59. The van der Waals surface area contributed by atoms with E-state index < -0.39 is 5.97 Å².